The van der Waals surface area contributed by atoms with Crippen LogP contribution in [0.25, 0.3) is 0 Å². The van der Waals surface area contributed by atoms with Crippen LogP contribution in [0.15, 0.2) is 59.5 Å². The maximum atomic E-state index is 12.4. The Morgan fingerprint density at radius 1 is 1.00 bits per heavy atom. The average molecular weight is 348 g/mol. The monoisotopic (exact) mass is 348 g/mol. The number of carbonyl (C=O) groups is 2. The highest BCUT2D eigenvalue weighted by Crippen LogP contribution is 2.19. The molecule has 0 aliphatic heterocycles. The zero-order valence-corrected chi connectivity index (χ0v) is 13.6. The van der Waals surface area contributed by atoms with Crippen LogP contribution in [0.4, 0.5) is 5.69 Å². The Balaban J connectivity index is 2.26. The Bertz CT molecular complexity index is 833. The lowest BCUT2D eigenvalue weighted by atomic mass is 10.1. The molecule has 1 atom stereocenters. The molecule has 0 aromatic heterocycles. The van der Waals surface area contributed by atoms with E-state index in [1.54, 1.807) is 18.2 Å². The van der Waals surface area contributed by atoms with Crippen molar-refractivity contribution in [2.24, 2.45) is 0 Å². The van der Waals surface area contributed by atoms with Crippen molar-refractivity contribution in [1.82, 2.24) is 4.72 Å². The van der Waals surface area contributed by atoms with Crippen LogP contribution in [0.5, 0.6) is 0 Å². The zero-order valence-electron chi connectivity index (χ0n) is 12.8. The van der Waals surface area contributed by atoms with Crippen LogP contribution >= 0.6 is 0 Å². The molecule has 1 amide bonds. The summed E-state index contributed by atoms with van der Waals surface area (Å²) >= 11 is 0. The molecule has 2 aromatic rings. The van der Waals surface area contributed by atoms with Crippen molar-refractivity contribution < 1.29 is 23.1 Å². The Hall–Kier alpha value is -2.71. The Morgan fingerprint density at radius 2 is 1.58 bits per heavy atom. The van der Waals surface area contributed by atoms with Gasteiger partial charge in [0.25, 0.3) is 0 Å². The molecule has 8 heteroatoms. The lowest BCUT2D eigenvalue weighted by Crippen LogP contribution is -2.33. The first-order valence-corrected chi connectivity index (χ1v) is 8.45. The summed E-state index contributed by atoms with van der Waals surface area (Å²) in [5, 5.41) is 11.8. The summed E-state index contributed by atoms with van der Waals surface area (Å²) in [5.74, 6) is -1.58. The van der Waals surface area contributed by atoms with Crippen molar-refractivity contribution in [2.75, 3.05) is 5.32 Å². The van der Waals surface area contributed by atoms with Crippen LogP contribution in [0.3, 0.4) is 0 Å². The van der Waals surface area contributed by atoms with Crippen molar-refractivity contribution in [2.45, 2.75) is 17.9 Å². The number of carboxylic acids is 1. The molecule has 7 nitrogen and oxygen atoms in total. The van der Waals surface area contributed by atoms with Crippen LogP contribution < -0.4 is 10.0 Å². The number of hydrogen-bond acceptors (Lipinski definition) is 4. The summed E-state index contributed by atoms with van der Waals surface area (Å²) in [6, 6.07) is 12.0. The van der Waals surface area contributed by atoms with Crippen molar-refractivity contribution in [1.29, 1.82) is 0 Å². The van der Waals surface area contributed by atoms with E-state index in [2.05, 4.69) is 10.0 Å². The molecule has 0 spiro atoms. The topological polar surface area (TPSA) is 113 Å². The Morgan fingerprint density at radius 3 is 2.08 bits per heavy atom. The van der Waals surface area contributed by atoms with Crippen molar-refractivity contribution in [3.8, 4) is 0 Å². The SMILES string of the molecule is CC(=O)Nc1ccc(S(=O)(=O)NC(C(=O)O)c2ccccc2)cc1. The molecule has 24 heavy (non-hydrogen) atoms. The van der Waals surface area contributed by atoms with Crippen LogP contribution in [0.2, 0.25) is 0 Å². The van der Waals surface area contributed by atoms with Crippen LogP contribution in [-0.2, 0) is 19.6 Å². The smallest absolute Gasteiger partial charge is 0.326 e. The number of rotatable bonds is 6. The summed E-state index contributed by atoms with van der Waals surface area (Å²) in [6.45, 7) is 1.34. The minimum atomic E-state index is -4.04. The van der Waals surface area contributed by atoms with Gasteiger partial charge >= 0.3 is 5.97 Å². The van der Waals surface area contributed by atoms with Gasteiger partial charge in [-0.05, 0) is 29.8 Å². The number of amides is 1. The summed E-state index contributed by atoms with van der Waals surface area (Å²) in [5.41, 5.74) is 0.766. The predicted molar refractivity (Wildman–Crippen MR) is 87.9 cm³/mol. The van der Waals surface area contributed by atoms with E-state index in [9.17, 15) is 23.1 Å². The highest BCUT2D eigenvalue weighted by Gasteiger charge is 2.26. The van der Waals surface area contributed by atoms with Crippen molar-refractivity contribution in [3.05, 3.63) is 60.2 Å². The van der Waals surface area contributed by atoms with Gasteiger partial charge < -0.3 is 10.4 Å². The Kier molecular flexibility index (Phi) is 5.32. The molecular weight excluding hydrogens is 332 g/mol. The van der Waals surface area contributed by atoms with Gasteiger partial charge in [0.1, 0.15) is 6.04 Å². The van der Waals surface area contributed by atoms with Crippen LogP contribution in [0, 0.1) is 0 Å². The summed E-state index contributed by atoms with van der Waals surface area (Å²) in [7, 11) is -4.04. The number of nitrogens with one attached hydrogen (secondary N) is 2. The number of benzene rings is 2. The van der Waals surface area contributed by atoms with Gasteiger partial charge in [-0.25, -0.2) is 8.42 Å². The average Bonchev–Trinajstić information content (AvgIpc) is 2.53. The van der Waals surface area contributed by atoms with E-state index in [1.807, 2.05) is 0 Å². The summed E-state index contributed by atoms with van der Waals surface area (Å²) in [6.07, 6.45) is 0. The normalized spacial score (nSPS) is 12.4. The third-order valence-electron chi connectivity index (χ3n) is 3.14. The second-order valence-corrected chi connectivity index (χ2v) is 6.72. The number of anilines is 1. The van der Waals surface area contributed by atoms with Gasteiger partial charge in [0.2, 0.25) is 15.9 Å². The number of hydrogen-bond donors (Lipinski definition) is 3. The molecule has 0 bridgehead atoms. The van der Waals surface area contributed by atoms with E-state index < -0.39 is 22.0 Å². The fourth-order valence-electron chi connectivity index (χ4n) is 2.05. The van der Waals surface area contributed by atoms with Crippen molar-refractivity contribution >= 4 is 27.6 Å². The van der Waals surface area contributed by atoms with E-state index in [1.165, 1.54) is 43.3 Å². The molecule has 3 N–H and O–H groups in total. The fraction of sp³-hybridized carbons (Fsp3) is 0.125. The maximum Gasteiger partial charge on any atom is 0.326 e. The number of carbonyl (C=O) groups excluding carboxylic acids is 1. The molecule has 0 radical (unpaired) electrons. The molecule has 126 valence electrons. The zero-order chi connectivity index (χ0) is 17.7. The van der Waals surface area contributed by atoms with E-state index in [0.29, 0.717) is 11.3 Å². The van der Waals surface area contributed by atoms with Crippen LogP contribution in [0.1, 0.15) is 18.5 Å². The van der Waals surface area contributed by atoms with E-state index in [4.69, 9.17) is 0 Å². The van der Waals surface area contributed by atoms with Gasteiger partial charge in [0.15, 0.2) is 0 Å². The van der Waals surface area contributed by atoms with Gasteiger partial charge in [-0.15, -0.1) is 0 Å². The first-order chi connectivity index (χ1) is 11.3. The third kappa shape index (κ3) is 4.40. The summed E-state index contributed by atoms with van der Waals surface area (Å²) in [4.78, 5) is 22.3. The first kappa shape index (κ1) is 17.6. The molecule has 0 saturated heterocycles. The number of sulfonamides is 1. The second-order valence-electron chi connectivity index (χ2n) is 5.01. The van der Waals surface area contributed by atoms with E-state index in [0.717, 1.165) is 0 Å². The molecule has 0 heterocycles. The summed E-state index contributed by atoms with van der Waals surface area (Å²) < 4.78 is 27.0. The number of aliphatic carboxylic acids is 1. The molecule has 0 fully saturated rings. The molecule has 0 saturated carbocycles. The van der Waals surface area contributed by atoms with Crippen LogP contribution in [-0.4, -0.2) is 25.4 Å². The predicted octanol–water partition coefficient (Wildman–Crippen LogP) is 1.75. The second kappa shape index (κ2) is 7.24. The quantitative estimate of drug-likeness (QED) is 0.736. The van der Waals surface area contributed by atoms with E-state index >= 15 is 0 Å². The Labute approximate surface area is 139 Å². The third-order valence-corrected chi connectivity index (χ3v) is 4.58. The molecule has 2 aromatic carbocycles. The van der Waals surface area contributed by atoms with Gasteiger partial charge in [-0.2, -0.15) is 4.72 Å². The van der Waals surface area contributed by atoms with E-state index in [-0.39, 0.29) is 10.8 Å². The molecular formula is C16H16N2O5S. The molecule has 1 unspecified atom stereocenters. The largest absolute Gasteiger partial charge is 0.480 e. The highest BCUT2D eigenvalue weighted by molar-refractivity contribution is 7.89. The van der Waals surface area contributed by atoms with Gasteiger partial charge in [0.05, 0.1) is 4.90 Å². The van der Waals surface area contributed by atoms with Crippen molar-refractivity contribution in [3.63, 3.8) is 0 Å². The number of carboxylic acid groups (broad SMARTS) is 1. The minimum absolute atomic E-state index is 0.0983. The minimum Gasteiger partial charge on any atom is -0.480 e. The molecule has 0 aliphatic rings. The molecule has 2 rings (SSSR count). The lowest BCUT2D eigenvalue weighted by Gasteiger charge is -2.15. The van der Waals surface area contributed by atoms with Gasteiger partial charge in [0, 0.05) is 12.6 Å². The highest BCUT2D eigenvalue weighted by atomic mass is 32.2. The standard InChI is InChI=1S/C16H16N2O5S/c1-11(19)17-13-7-9-14(10-8-13)24(22,23)18-15(16(20)21)12-5-3-2-4-6-12/h2-10,15,18H,1H3,(H,17,19)(H,20,21). The van der Waals surface area contributed by atoms with Gasteiger partial charge in [-0.1, -0.05) is 30.3 Å². The molecule has 0 aliphatic carbocycles. The van der Waals surface area contributed by atoms with Gasteiger partial charge in [-0.3, -0.25) is 9.59 Å². The first-order valence-electron chi connectivity index (χ1n) is 6.97. The lowest BCUT2D eigenvalue weighted by molar-refractivity contribution is -0.139. The maximum absolute atomic E-state index is 12.4. The fourth-order valence-corrected chi connectivity index (χ4v) is 3.23.